The van der Waals surface area contributed by atoms with Crippen LogP contribution in [-0.2, 0) is 4.79 Å². The lowest BCUT2D eigenvalue weighted by atomic mass is 9.78. The maximum atomic E-state index is 11.7. The number of amides is 1. The minimum absolute atomic E-state index is 0.00212. The van der Waals surface area contributed by atoms with Gasteiger partial charge in [-0.25, -0.2) is 0 Å². The van der Waals surface area contributed by atoms with Crippen LogP contribution in [0.3, 0.4) is 0 Å². The van der Waals surface area contributed by atoms with Gasteiger partial charge >= 0.3 is 0 Å². The van der Waals surface area contributed by atoms with Crippen LogP contribution in [0.1, 0.15) is 53.4 Å². The summed E-state index contributed by atoms with van der Waals surface area (Å²) in [5.74, 6) is 0.0969. The molecule has 0 saturated heterocycles. The maximum absolute atomic E-state index is 11.7. The van der Waals surface area contributed by atoms with Crippen molar-refractivity contribution >= 4 is 5.91 Å². The molecule has 3 heteroatoms. The van der Waals surface area contributed by atoms with Gasteiger partial charge < -0.3 is 11.1 Å². The van der Waals surface area contributed by atoms with Crippen molar-refractivity contribution in [3.8, 4) is 0 Å². The molecule has 0 aromatic carbocycles. The van der Waals surface area contributed by atoms with Gasteiger partial charge in [0.15, 0.2) is 0 Å². The maximum Gasteiger partial charge on any atom is 0.221 e. The first-order chi connectivity index (χ1) is 6.73. The Hall–Kier alpha value is -0.570. The summed E-state index contributed by atoms with van der Waals surface area (Å²) in [7, 11) is 0. The van der Waals surface area contributed by atoms with Gasteiger partial charge in [0.25, 0.3) is 0 Å². The lowest BCUT2D eigenvalue weighted by molar-refractivity contribution is -0.124. The summed E-state index contributed by atoms with van der Waals surface area (Å²) in [5, 5.41) is 3.08. The number of nitrogens with two attached hydrogens (primary N) is 1. The van der Waals surface area contributed by atoms with E-state index in [1.54, 1.807) is 0 Å². The monoisotopic (exact) mass is 212 g/mol. The van der Waals surface area contributed by atoms with Crippen LogP contribution in [0.4, 0.5) is 0 Å². The van der Waals surface area contributed by atoms with Gasteiger partial charge in [-0.2, -0.15) is 0 Å². The first-order valence-corrected chi connectivity index (χ1v) is 5.80. The minimum Gasteiger partial charge on any atom is -0.351 e. The Morgan fingerprint density at radius 1 is 1.47 bits per heavy atom. The molecule has 0 aliphatic heterocycles. The molecule has 3 N–H and O–H groups in total. The summed E-state index contributed by atoms with van der Waals surface area (Å²) in [6.07, 6.45) is 3.86. The molecule has 0 spiro atoms. The van der Waals surface area contributed by atoms with Crippen molar-refractivity contribution in [2.75, 3.05) is 0 Å². The van der Waals surface area contributed by atoms with Crippen LogP contribution in [0, 0.1) is 5.41 Å². The normalized spacial score (nSPS) is 21.7. The van der Waals surface area contributed by atoms with E-state index in [4.69, 9.17) is 5.73 Å². The van der Waals surface area contributed by atoms with Crippen molar-refractivity contribution in [3.05, 3.63) is 0 Å². The topological polar surface area (TPSA) is 55.1 Å². The Labute approximate surface area is 92.8 Å². The fourth-order valence-electron chi connectivity index (χ4n) is 1.73. The predicted molar refractivity (Wildman–Crippen MR) is 62.4 cm³/mol. The van der Waals surface area contributed by atoms with Crippen LogP contribution in [0.15, 0.2) is 0 Å². The number of hydrogen-bond acceptors (Lipinski definition) is 2. The Kier molecular flexibility index (Phi) is 3.44. The van der Waals surface area contributed by atoms with Crippen molar-refractivity contribution in [2.24, 2.45) is 11.1 Å². The molecule has 0 aromatic heterocycles. The lowest BCUT2D eigenvalue weighted by Gasteiger charge is -2.39. The van der Waals surface area contributed by atoms with Gasteiger partial charge in [-0.1, -0.05) is 20.8 Å². The van der Waals surface area contributed by atoms with E-state index >= 15 is 0 Å². The Balaban J connectivity index is 2.36. The van der Waals surface area contributed by atoms with E-state index in [1.807, 2.05) is 0 Å². The third-order valence-electron chi connectivity index (χ3n) is 3.42. The molecule has 1 rings (SSSR count). The lowest BCUT2D eigenvalue weighted by Crippen LogP contribution is -2.52. The van der Waals surface area contributed by atoms with E-state index in [2.05, 4.69) is 33.0 Å². The van der Waals surface area contributed by atoms with E-state index in [0.717, 1.165) is 12.8 Å². The van der Waals surface area contributed by atoms with Crippen LogP contribution in [0.2, 0.25) is 0 Å². The van der Waals surface area contributed by atoms with Gasteiger partial charge in [0.2, 0.25) is 5.91 Å². The van der Waals surface area contributed by atoms with Crippen LogP contribution >= 0.6 is 0 Å². The van der Waals surface area contributed by atoms with Crippen LogP contribution in [-0.4, -0.2) is 17.5 Å². The molecule has 1 atom stereocenters. The Bertz CT molecular complexity index is 238. The van der Waals surface area contributed by atoms with E-state index in [-0.39, 0.29) is 22.9 Å². The summed E-state index contributed by atoms with van der Waals surface area (Å²) in [6, 6.07) is -0.0684. The smallest absolute Gasteiger partial charge is 0.221 e. The quantitative estimate of drug-likeness (QED) is 0.749. The fourth-order valence-corrected chi connectivity index (χ4v) is 1.73. The van der Waals surface area contributed by atoms with E-state index in [1.165, 1.54) is 6.42 Å². The first kappa shape index (κ1) is 12.5. The predicted octanol–water partition coefficient (Wildman–Crippen LogP) is 1.81. The fraction of sp³-hybridized carbons (Fsp3) is 0.917. The summed E-state index contributed by atoms with van der Waals surface area (Å²) >= 11 is 0. The first-order valence-electron chi connectivity index (χ1n) is 5.80. The van der Waals surface area contributed by atoms with Gasteiger partial charge in [-0.05, 0) is 31.6 Å². The average molecular weight is 212 g/mol. The summed E-state index contributed by atoms with van der Waals surface area (Å²) in [6.45, 7) is 8.30. The van der Waals surface area contributed by atoms with Gasteiger partial charge in [-0.15, -0.1) is 0 Å². The zero-order valence-corrected chi connectivity index (χ0v) is 10.4. The zero-order valence-electron chi connectivity index (χ0n) is 10.4. The molecular weight excluding hydrogens is 188 g/mol. The molecule has 3 nitrogen and oxygen atoms in total. The molecular formula is C12H24N2O. The number of carbonyl (C=O) groups is 1. The number of carbonyl (C=O) groups excluding carboxylic acids is 1. The van der Waals surface area contributed by atoms with Crippen LogP contribution in [0.25, 0.3) is 0 Å². The molecule has 0 heterocycles. The van der Waals surface area contributed by atoms with Gasteiger partial charge in [-0.3, -0.25) is 4.79 Å². The third-order valence-corrected chi connectivity index (χ3v) is 3.42. The molecule has 15 heavy (non-hydrogen) atoms. The average Bonchev–Trinajstić information content (AvgIpc) is 1.99. The summed E-state index contributed by atoms with van der Waals surface area (Å²) < 4.78 is 0. The Morgan fingerprint density at radius 3 is 2.33 bits per heavy atom. The molecule has 0 radical (unpaired) electrons. The van der Waals surface area contributed by atoms with Gasteiger partial charge in [0.05, 0.1) is 0 Å². The number of hydrogen-bond donors (Lipinski definition) is 2. The molecule has 0 aromatic rings. The van der Waals surface area contributed by atoms with Crippen LogP contribution in [0.5, 0.6) is 0 Å². The van der Waals surface area contributed by atoms with Crippen molar-refractivity contribution < 1.29 is 4.79 Å². The molecule has 88 valence electrons. The largest absolute Gasteiger partial charge is 0.351 e. The highest BCUT2D eigenvalue weighted by atomic mass is 16.1. The molecule has 1 saturated carbocycles. The van der Waals surface area contributed by atoms with Crippen molar-refractivity contribution in [1.82, 2.24) is 5.32 Å². The second kappa shape index (κ2) is 4.12. The molecule has 1 unspecified atom stereocenters. The SMILES string of the molecule is CC1(NC(=O)CC(N)C(C)(C)C)CCC1. The standard InChI is InChI=1S/C12H24N2O/c1-11(2,3)9(13)8-10(15)14-12(4)6-5-7-12/h9H,5-8,13H2,1-4H3,(H,14,15). The van der Waals surface area contributed by atoms with E-state index in [9.17, 15) is 4.79 Å². The highest BCUT2D eigenvalue weighted by Gasteiger charge is 2.34. The molecule has 0 bridgehead atoms. The minimum atomic E-state index is -0.0684. The van der Waals surface area contributed by atoms with Crippen molar-refractivity contribution in [1.29, 1.82) is 0 Å². The van der Waals surface area contributed by atoms with Gasteiger partial charge in [0, 0.05) is 18.0 Å². The van der Waals surface area contributed by atoms with Gasteiger partial charge in [0.1, 0.15) is 0 Å². The highest BCUT2D eigenvalue weighted by Crippen LogP contribution is 2.31. The summed E-state index contributed by atoms with van der Waals surface area (Å²) in [4.78, 5) is 11.7. The Morgan fingerprint density at radius 2 is 2.00 bits per heavy atom. The van der Waals surface area contributed by atoms with Crippen molar-refractivity contribution in [2.45, 2.75) is 65.0 Å². The van der Waals surface area contributed by atoms with E-state index in [0.29, 0.717) is 6.42 Å². The second-order valence-electron chi connectivity index (χ2n) is 6.14. The molecule has 1 aliphatic rings. The van der Waals surface area contributed by atoms with Crippen LogP contribution < -0.4 is 11.1 Å². The van der Waals surface area contributed by atoms with E-state index < -0.39 is 0 Å². The molecule has 1 aliphatic carbocycles. The summed E-state index contributed by atoms with van der Waals surface area (Å²) in [5.41, 5.74) is 6.02. The molecule has 1 amide bonds. The highest BCUT2D eigenvalue weighted by molar-refractivity contribution is 5.77. The second-order valence-corrected chi connectivity index (χ2v) is 6.14. The third kappa shape index (κ3) is 3.49. The number of nitrogens with one attached hydrogen (secondary N) is 1. The number of rotatable bonds is 3. The molecule has 1 fully saturated rings. The van der Waals surface area contributed by atoms with Crippen molar-refractivity contribution in [3.63, 3.8) is 0 Å². The zero-order chi connectivity index (χ0) is 11.7.